The number of rotatable bonds is 8. The summed E-state index contributed by atoms with van der Waals surface area (Å²) < 4.78 is 28.7. The smallest absolute Gasteiger partial charge is 0.257 e. The van der Waals surface area contributed by atoms with Crippen LogP contribution in [-0.2, 0) is 16.6 Å². The molecule has 0 atom stereocenters. The fourth-order valence-corrected chi connectivity index (χ4v) is 6.84. The zero-order valence-electron chi connectivity index (χ0n) is 17.9. The summed E-state index contributed by atoms with van der Waals surface area (Å²) >= 11 is 14.7. The van der Waals surface area contributed by atoms with Crippen LogP contribution in [0.4, 0.5) is 5.13 Å². The van der Waals surface area contributed by atoms with Crippen LogP contribution in [-0.4, -0.2) is 30.2 Å². The molecule has 0 spiro atoms. The molecule has 4 aromatic rings. The Labute approximate surface area is 215 Å². The molecule has 2 aromatic heterocycles. The van der Waals surface area contributed by atoms with E-state index in [1.807, 2.05) is 30.3 Å². The number of sulfonamides is 1. The van der Waals surface area contributed by atoms with Crippen molar-refractivity contribution in [3.63, 3.8) is 0 Å². The summed E-state index contributed by atoms with van der Waals surface area (Å²) in [5.74, 6) is -0.393. The first-order valence-electron chi connectivity index (χ1n) is 10.1. The second kappa shape index (κ2) is 10.6. The second-order valence-corrected chi connectivity index (χ2v) is 12.3. The molecule has 1 N–H and O–H groups in total. The number of thiazole rings is 1. The van der Waals surface area contributed by atoms with E-state index in [4.69, 9.17) is 23.2 Å². The first-order chi connectivity index (χ1) is 16.3. The Morgan fingerprint density at radius 3 is 2.41 bits per heavy atom. The Balaban J connectivity index is 1.46. The summed E-state index contributed by atoms with van der Waals surface area (Å²) in [7, 11) is -3.71. The Hall–Kier alpha value is -2.27. The number of benzene rings is 2. The van der Waals surface area contributed by atoms with Gasteiger partial charge in [-0.05, 0) is 35.9 Å². The van der Waals surface area contributed by atoms with Gasteiger partial charge in [-0.25, -0.2) is 13.4 Å². The van der Waals surface area contributed by atoms with E-state index < -0.39 is 15.9 Å². The largest absolute Gasteiger partial charge is 0.298 e. The minimum Gasteiger partial charge on any atom is -0.298 e. The lowest BCUT2D eigenvalue weighted by molar-refractivity contribution is 0.102. The average molecular weight is 553 g/mol. The molecule has 0 fully saturated rings. The minimum absolute atomic E-state index is 0.127. The van der Waals surface area contributed by atoms with E-state index in [-0.39, 0.29) is 11.4 Å². The van der Waals surface area contributed by atoms with Gasteiger partial charge in [-0.15, -0.1) is 22.7 Å². The van der Waals surface area contributed by atoms with Crippen molar-refractivity contribution in [1.29, 1.82) is 0 Å². The number of nitrogens with zero attached hydrogens (tertiary/aromatic N) is 2. The Kier molecular flexibility index (Phi) is 7.71. The molecular weight excluding hydrogens is 533 g/mol. The fourth-order valence-electron chi connectivity index (χ4n) is 3.22. The molecular formula is C23H19Cl2N3O3S3. The van der Waals surface area contributed by atoms with Crippen molar-refractivity contribution in [2.24, 2.45) is 0 Å². The summed E-state index contributed by atoms with van der Waals surface area (Å²) in [5.41, 5.74) is 2.54. The maximum atomic E-state index is 13.1. The number of anilines is 1. The molecule has 0 saturated carbocycles. The first kappa shape index (κ1) is 24.8. The van der Waals surface area contributed by atoms with Crippen LogP contribution in [0.3, 0.4) is 0 Å². The van der Waals surface area contributed by atoms with Gasteiger partial charge in [0.25, 0.3) is 5.91 Å². The van der Waals surface area contributed by atoms with Gasteiger partial charge in [-0.1, -0.05) is 60.5 Å². The molecule has 2 heterocycles. The number of nitrogens with one attached hydrogen (secondary N) is 1. The molecule has 6 nitrogen and oxygen atoms in total. The topological polar surface area (TPSA) is 79.4 Å². The molecule has 0 aliphatic rings. The van der Waals surface area contributed by atoms with Crippen LogP contribution in [0.1, 0.15) is 22.8 Å². The van der Waals surface area contributed by atoms with Crippen molar-refractivity contribution in [2.45, 2.75) is 18.4 Å². The molecule has 1 amide bonds. The van der Waals surface area contributed by atoms with Crippen LogP contribution in [0, 0.1) is 0 Å². The van der Waals surface area contributed by atoms with E-state index >= 15 is 0 Å². The van der Waals surface area contributed by atoms with Crippen LogP contribution in [0.5, 0.6) is 0 Å². The molecule has 0 aliphatic carbocycles. The highest BCUT2D eigenvalue weighted by molar-refractivity contribution is 7.89. The van der Waals surface area contributed by atoms with Gasteiger partial charge in [0.05, 0.1) is 14.9 Å². The average Bonchev–Trinajstić information content (AvgIpc) is 3.43. The van der Waals surface area contributed by atoms with Gasteiger partial charge in [0.1, 0.15) is 4.34 Å². The lowest BCUT2D eigenvalue weighted by Gasteiger charge is -2.20. The van der Waals surface area contributed by atoms with Gasteiger partial charge >= 0.3 is 0 Å². The summed E-state index contributed by atoms with van der Waals surface area (Å²) in [5, 5.41) is 4.91. The number of thiophene rings is 1. The van der Waals surface area contributed by atoms with Crippen molar-refractivity contribution in [1.82, 2.24) is 9.29 Å². The minimum atomic E-state index is -3.71. The fraction of sp³-hybridized carbons (Fsp3) is 0.130. The molecule has 4 rings (SSSR count). The monoisotopic (exact) mass is 551 g/mol. The SMILES string of the molecule is CCN(Cc1ccccc1)S(=O)(=O)c1ccc(C(=O)Nc2nc(-c3cc(Cl)sc3Cl)cs2)cc1. The third-order valence-electron chi connectivity index (χ3n) is 4.97. The van der Waals surface area contributed by atoms with E-state index in [2.05, 4.69) is 10.3 Å². The summed E-state index contributed by atoms with van der Waals surface area (Å²) in [4.78, 5) is 17.2. The zero-order valence-corrected chi connectivity index (χ0v) is 21.8. The number of carbonyl (C=O) groups is 1. The predicted molar refractivity (Wildman–Crippen MR) is 140 cm³/mol. The normalized spacial score (nSPS) is 11.6. The number of hydrogen-bond donors (Lipinski definition) is 1. The molecule has 0 radical (unpaired) electrons. The van der Waals surface area contributed by atoms with Crippen molar-refractivity contribution in [3.05, 3.63) is 85.8 Å². The van der Waals surface area contributed by atoms with Gasteiger partial charge in [0.2, 0.25) is 10.0 Å². The summed E-state index contributed by atoms with van der Waals surface area (Å²) in [6.07, 6.45) is 0. The van der Waals surface area contributed by atoms with Crippen LogP contribution < -0.4 is 5.32 Å². The second-order valence-electron chi connectivity index (χ2n) is 7.17. The number of hydrogen-bond acceptors (Lipinski definition) is 6. The Morgan fingerprint density at radius 1 is 1.09 bits per heavy atom. The van der Waals surface area contributed by atoms with E-state index in [0.717, 1.165) is 5.56 Å². The van der Waals surface area contributed by atoms with Crippen LogP contribution >= 0.6 is 45.9 Å². The van der Waals surface area contributed by atoms with Crippen LogP contribution in [0.25, 0.3) is 11.3 Å². The predicted octanol–water partition coefficient (Wildman–Crippen LogP) is 6.64. The van der Waals surface area contributed by atoms with Crippen molar-refractivity contribution in [2.75, 3.05) is 11.9 Å². The lowest BCUT2D eigenvalue weighted by atomic mass is 10.2. The van der Waals surface area contributed by atoms with Gasteiger partial charge in [0.15, 0.2) is 5.13 Å². The van der Waals surface area contributed by atoms with Crippen molar-refractivity contribution < 1.29 is 13.2 Å². The highest BCUT2D eigenvalue weighted by Crippen LogP contribution is 2.39. The molecule has 0 aliphatic heterocycles. The van der Waals surface area contributed by atoms with Crippen LogP contribution in [0.15, 0.2) is 70.9 Å². The molecule has 11 heteroatoms. The molecule has 34 heavy (non-hydrogen) atoms. The highest BCUT2D eigenvalue weighted by Gasteiger charge is 2.23. The Morgan fingerprint density at radius 2 is 1.79 bits per heavy atom. The first-order valence-corrected chi connectivity index (χ1v) is 14.0. The van der Waals surface area contributed by atoms with Gasteiger partial charge in [0, 0.05) is 29.6 Å². The molecule has 2 aromatic carbocycles. The third-order valence-corrected chi connectivity index (χ3v) is 9.15. The molecule has 176 valence electrons. The molecule has 0 unspecified atom stereocenters. The van der Waals surface area contributed by atoms with Crippen LogP contribution in [0.2, 0.25) is 8.67 Å². The van der Waals surface area contributed by atoms with Gasteiger partial charge < -0.3 is 0 Å². The number of halogens is 2. The summed E-state index contributed by atoms with van der Waals surface area (Å²) in [6.45, 7) is 2.39. The third kappa shape index (κ3) is 5.51. The van der Waals surface area contributed by atoms with E-state index in [1.165, 1.54) is 51.2 Å². The van der Waals surface area contributed by atoms with Crippen molar-refractivity contribution in [3.8, 4) is 11.3 Å². The Bertz CT molecular complexity index is 1400. The van der Waals surface area contributed by atoms with Crippen molar-refractivity contribution >= 4 is 66.9 Å². The lowest BCUT2D eigenvalue weighted by Crippen LogP contribution is -2.30. The van der Waals surface area contributed by atoms with E-state index in [1.54, 1.807) is 18.4 Å². The maximum absolute atomic E-state index is 13.1. The molecule has 0 saturated heterocycles. The summed E-state index contributed by atoms with van der Waals surface area (Å²) in [6, 6.07) is 17.0. The van der Waals surface area contributed by atoms with E-state index in [9.17, 15) is 13.2 Å². The zero-order chi connectivity index (χ0) is 24.3. The number of carbonyl (C=O) groups excluding carboxylic acids is 1. The molecule has 0 bridgehead atoms. The van der Waals surface area contributed by atoms with E-state index in [0.29, 0.717) is 37.2 Å². The number of amides is 1. The number of aromatic nitrogens is 1. The quantitative estimate of drug-likeness (QED) is 0.266. The highest BCUT2D eigenvalue weighted by atomic mass is 35.5. The maximum Gasteiger partial charge on any atom is 0.257 e. The van der Waals surface area contributed by atoms with Gasteiger partial charge in [-0.3, -0.25) is 10.1 Å². The standard InChI is InChI=1S/C23H19Cl2N3O3S3/c1-2-28(13-15-6-4-3-5-7-15)34(30,31)17-10-8-16(9-11-17)22(29)27-23-26-19(14-32-23)18-12-20(24)33-21(18)25/h3-12,14H,2,13H2,1H3,(H,26,27,29). The van der Waals surface area contributed by atoms with Gasteiger partial charge in [-0.2, -0.15) is 4.31 Å².